The molecule has 2 aliphatic heterocycles. The number of carbonyl (C=O) groups excluding carboxylic acids is 4. The van der Waals surface area contributed by atoms with Gasteiger partial charge in [0.1, 0.15) is 12.1 Å². The topological polar surface area (TPSA) is 123 Å². The number of nitrogens with zero attached hydrogens (tertiary/aromatic N) is 1. The van der Waals surface area contributed by atoms with Crippen LogP contribution in [-0.2, 0) is 28.6 Å². The third-order valence-corrected chi connectivity index (χ3v) is 5.45. The minimum Gasteiger partial charge on any atom is -0.433 e. The molecule has 3 rings (SSSR count). The smallest absolute Gasteiger partial charge is 0.310 e. The number of rotatable bonds is 10. The molecule has 0 spiro atoms. The average molecular weight is 474 g/mol. The van der Waals surface area contributed by atoms with E-state index in [-0.39, 0.29) is 37.7 Å². The van der Waals surface area contributed by atoms with Gasteiger partial charge >= 0.3 is 5.97 Å². The van der Waals surface area contributed by atoms with Gasteiger partial charge in [0.15, 0.2) is 0 Å². The third kappa shape index (κ3) is 6.88. The van der Waals surface area contributed by atoms with Crippen LogP contribution in [0.3, 0.4) is 0 Å². The number of nitrogens with one attached hydrogen (secondary N) is 2. The Balaban J connectivity index is 1.69. The molecule has 10 heteroatoms. The maximum absolute atomic E-state index is 13.3. The summed E-state index contributed by atoms with van der Waals surface area (Å²) in [5, 5.41) is 5.51. The van der Waals surface area contributed by atoms with Crippen LogP contribution in [0.5, 0.6) is 0 Å². The van der Waals surface area contributed by atoms with Crippen molar-refractivity contribution in [1.82, 2.24) is 15.5 Å². The Morgan fingerprint density at radius 1 is 1.12 bits per heavy atom. The van der Waals surface area contributed by atoms with Gasteiger partial charge in [0.05, 0.1) is 19.6 Å². The molecule has 1 saturated heterocycles. The van der Waals surface area contributed by atoms with Crippen molar-refractivity contribution in [3.63, 3.8) is 0 Å². The Labute approximate surface area is 198 Å². The zero-order chi connectivity index (χ0) is 24.5. The zero-order valence-electron chi connectivity index (χ0n) is 19.5. The maximum atomic E-state index is 13.3. The van der Waals surface area contributed by atoms with Gasteiger partial charge in [0.25, 0.3) is 5.91 Å². The molecule has 2 heterocycles. The van der Waals surface area contributed by atoms with Gasteiger partial charge in [-0.05, 0) is 38.0 Å². The lowest BCUT2D eigenvalue weighted by molar-refractivity contribution is -0.164. The molecular weight excluding hydrogens is 442 g/mol. The number of carbonyl (C=O) groups is 4. The summed E-state index contributed by atoms with van der Waals surface area (Å²) >= 11 is 0. The minimum atomic E-state index is -0.854. The summed E-state index contributed by atoms with van der Waals surface area (Å²) in [5.41, 5.74) is 1.28. The van der Waals surface area contributed by atoms with Crippen LogP contribution < -0.4 is 10.6 Å². The molecule has 3 unspecified atom stereocenters. The molecule has 10 nitrogen and oxygen atoms in total. The second kappa shape index (κ2) is 12.3. The van der Waals surface area contributed by atoms with E-state index >= 15 is 0 Å². The van der Waals surface area contributed by atoms with Gasteiger partial charge in [-0.15, -0.1) is 0 Å². The van der Waals surface area contributed by atoms with E-state index in [4.69, 9.17) is 14.2 Å². The van der Waals surface area contributed by atoms with Gasteiger partial charge < -0.3 is 29.7 Å². The average Bonchev–Trinajstić information content (AvgIpc) is 3.10. The first-order chi connectivity index (χ1) is 16.4. The fourth-order valence-electron chi connectivity index (χ4n) is 3.81. The summed E-state index contributed by atoms with van der Waals surface area (Å²) in [7, 11) is 0. The highest BCUT2D eigenvalue weighted by atomic mass is 16.7. The Kier molecular flexibility index (Phi) is 9.17. The number of cyclic esters (lactones) is 1. The number of amides is 3. The van der Waals surface area contributed by atoms with Crippen molar-refractivity contribution in [3.05, 3.63) is 47.5 Å². The molecule has 1 aromatic carbocycles. The molecule has 2 aliphatic rings. The number of hydrogen-bond acceptors (Lipinski definition) is 7. The standard InChI is InChI=1S/C24H31N3O7/c1-3-32-15-16-10-11-18(26-22(30)17-8-6-5-7-9-17)23(31)27(13-16)14-20(28)25-19-12-21(29)34-24(19)33-4-2/h5-10,18-19,24H,3-4,11-15H2,1-2H3,(H,25,28)(H,26,30). The molecule has 0 aliphatic carbocycles. The molecule has 3 amide bonds. The monoisotopic (exact) mass is 473 g/mol. The van der Waals surface area contributed by atoms with Crippen molar-refractivity contribution in [2.45, 2.75) is 45.1 Å². The van der Waals surface area contributed by atoms with E-state index in [1.807, 2.05) is 13.0 Å². The number of benzene rings is 1. The second-order valence-electron chi connectivity index (χ2n) is 8.01. The lowest BCUT2D eigenvalue weighted by Crippen LogP contribution is -2.52. The number of esters is 1. The lowest BCUT2D eigenvalue weighted by atomic mass is 10.1. The molecule has 0 bridgehead atoms. The van der Waals surface area contributed by atoms with E-state index < -0.39 is 30.3 Å². The van der Waals surface area contributed by atoms with Gasteiger partial charge in [-0.3, -0.25) is 19.2 Å². The predicted octanol–water partition coefficient (Wildman–Crippen LogP) is 0.775. The van der Waals surface area contributed by atoms with Crippen molar-refractivity contribution >= 4 is 23.7 Å². The Hall–Kier alpha value is -3.24. The summed E-state index contributed by atoms with van der Waals surface area (Å²) in [4.78, 5) is 51.7. The minimum absolute atomic E-state index is 0.00436. The molecular formula is C24H31N3O7. The van der Waals surface area contributed by atoms with E-state index in [0.717, 1.165) is 5.57 Å². The van der Waals surface area contributed by atoms with Crippen LogP contribution in [0.2, 0.25) is 0 Å². The Morgan fingerprint density at radius 2 is 1.88 bits per heavy atom. The predicted molar refractivity (Wildman–Crippen MR) is 122 cm³/mol. The molecule has 184 valence electrons. The SMILES string of the molecule is CCOCC1=CCC(NC(=O)c2ccccc2)C(=O)N(CC(=O)NC2CC(=O)OC2OCC)C1. The third-order valence-electron chi connectivity index (χ3n) is 5.45. The van der Waals surface area contributed by atoms with Crippen molar-refractivity contribution in [1.29, 1.82) is 0 Å². The highest BCUT2D eigenvalue weighted by Crippen LogP contribution is 2.17. The van der Waals surface area contributed by atoms with E-state index in [9.17, 15) is 19.2 Å². The largest absolute Gasteiger partial charge is 0.433 e. The van der Waals surface area contributed by atoms with Gasteiger partial charge in [0, 0.05) is 25.3 Å². The quantitative estimate of drug-likeness (QED) is 0.380. The van der Waals surface area contributed by atoms with Crippen LogP contribution in [0.25, 0.3) is 0 Å². The fourth-order valence-corrected chi connectivity index (χ4v) is 3.81. The van der Waals surface area contributed by atoms with Crippen LogP contribution in [0.4, 0.5) is 0 Å². The van der Waals surface area contributed by atoms with Crippen molar-refractivity contribution in [2.24, 2.45) is 0 Å². The van der Waals surface area contributed by atoms with E-state index in [2.05, 4.69) is 10.6 Å². The van der Waals surface area contributed by atoms with Crippen molar-refractivity contribution in [3.8, 4) is 0 Å². The molecule has 0 aromatic heterocycles. The molecule has 0 saturated carbocycles. The molecule has 2 N–H and O–H groups in total. The van der Waals surface area contributed by atoms with E-state index in [1.165, 1.54) is 4.90 Å². The first-order valence-corrected chi connectivity index (χ1v) is 11.4. The molecule has 3 atom stereocenters. The van der Waals surface area contributed by atoms with Crippen LogP contribution in [-0.4, -0.2) is 79.9 Å². The van der Waals surface area contributed by atoms with Crippen LogP contribution >= 0.6 is 0 Å². The van der Waals surface area contributed by atoms with Crippen molar-refractivity contribution < 1.29 is 33.4 Å². The first-order valence-electron chi connectivity index (χ1n) is 11.4. The summed E-state index contributed by atoms with van der Waals surface area (Å²) in [6.45, 7) is 4.73. The van der Waals surface area contributed by atoms with Crippen LogP contribution in [0, 0.1) is 0 Å². The first kappa shape index (κ1) is 25.4. The second-order valence-corrected chi connectivity index (χ2v) is 8.01. The Morgan fingerprint density at radius 3 is 2.59 bits per heavy atom. The number of ether oxygens (including phenoxy) is 3. The fraction of sp³-hybridized carbons (Fsp3) is 0.500. The van der Waals surface area contributed by atoms with Gasteiger partial charge in [-0.25, -0.2) is 0 Å². The lowest BCUT2D eigenvalue weighted by Gasteiger charge is -2.26. The summed E-state index contributed by atoms with van der Waals surface area (Å²) in [6, 6.07) is 7.16. The van der Waals surface area contributed by atoms with Crippen molar-refractivity contribution in [2.75, 3.05) is 32.9 Å². The molecule has 1 aromatic rings. The van der Waals surface area contributed by atoms with E-state index in [0.29, 0.717) is 25.4 Å². The molecule has 34 heavy (non-hydrogen) atoms. The van der Waals surface area contributed by atoms with Gasteiger partial charge in [0.2, 0.25) is 18.1 Å². The van der Waals surface area contributed by atoms with Crippen LogP contribution in [0.1, 0.15) is 37.0 Å². The van der Waals surface area contributed by atoms with E-state index in [1.54, 1.807) is 37.3 Å². The highest BCUT2D eigenvalue weighted by molar-refractivity contribution is 5.98. The van der Waals surface area contributed by atoms with Gasteiger partial charge in [-0.1, -0.05) is 24.3 Å². The van der Waals surface area contributed by atoms with Gasteiger partial charge in [-0.2, -0.15) is 0 Å². The zero-order valence-corrected chi connectivity index (χ0v) is 19.5. The highest BCUT2D eigenvalue weighted by Gasteiger charge is 2.37. The summed E-state index contributed by atoms with van der Waals surface area (Å²) in [6.07, 6.45) is 1.30. The number of hydrogen-bond donors (Lipinski definition) is 2. The maximum Gasteiger partial charge on any atom is 0.310 e. The Bertz CT molecular complexity index is 918. The summed E-state index contributed by atoms with van der Waals surface area (Å²) < 4.78 is 15.9. The summed E-state index contributed by atoms with van der Waals surface area (Å²) in [5.74, 6) is -1.65. The normalized spacial score (nSPS) is 22.6. The molecule has 0 radical (unpaired) electrons. The molecule has 1 fully saturated rings. The van der Waals surface area contributed by atoms with Crippen LogP contribution in [0.15, 0.2) is 42.0 Å².